The van der Waals surface area contributed by atoms with Crippen molar-refractivity contribution in [3.63, 3.8) is 0 Å². The Bertz CT molecular complexity index is 3110. The van der Waals surface area contributed by atoms with Crippen molar-refractivity contribution < 1.29 is 8.83 Å². The monoisotopic (exact) mass is 640 g/mol. The van der Waals surface area contributed by atoms with Gasteiger partial charge in [0, 0.05) is 38.3 Å². The Labute approximate surface area is 286 Å². The van der Waals surface area contributed by atoms with Gasteiger partial charge in [-0.3, -0.25) is 0 Å². The highest BCUT2D eigenvalue weighted by Crippen LogP contribution is 2.47. The van der Waals surface area contributed by atoms with E-state index in [1.807, 2.05) is 12.1 Å². The third-order valence-corrected chi connectivity index (χ3v) is 10.1. The first-order valence-electron chi connectivity index (χ1n) is 16.9. The van der Waals surface area contributed by atoms with E-state index in [1.54, 1.807) is 0 Å². The third kappa shape index (κ3) is 3.87. The van der Waals surface area contributed by atoms with Crippen LogP contribution < -0.4 is 4.90 Å². The van der Waals surface area contributed by atoms with Crippen LogP contribution in [-0.2, 0) is 0 Å². The molecule has 0 aliphatic carbocycles. The van der Waals surface area contributed by atoms with Gasteiger partial charge in [-0.1, -0.05) is 97.1 Å². The predicted octanol–water partition coefficient (Wildman–Crippen LogP) is 13.2. The molecule has 234 valence electrons. The van der Waals surface area contributed by atoms with Gasteiger partial charge in [0.15, 0.2) is 5.58 Å². The molecular formula is C46H28N2O2. The second-order valence-corrected chi connectivity index (χ2v) is 12.9. The fraction of sp³-hybridized carbons (Fsp3) is 0. The van der Waals surface area contributed by atoms with Crippen molar-refractivity contribution in [3.8, 4) is 5.69 Å². The zero-order chi connectivity index (χ0) is 32.8. The molecule has 8 aromatic carbocycles. The van der Waals surface area contributed by atoms with Crippen molar-refractivity contribution in [1.82, 2.24) is 4.57 Å². The van der Waals surface area contributed by atoms with Gasteiger partial charge in [0.25, 0.3) is 0 Å². The topological polar surface area (TPSA) is 34.5 Å². The van der Waals surface area contributed by atoms with Crippen LogP contribution in [0.4, 0.5) is 17.1 Å². The molecule has 0 saturated carbocycles. The van der Waals surface area contributed by atoms with Gasteiger partial charge in [-0.15, -0.1) is 0 Å². The van der Waals surface area contributed by atoms with Crippen LogP contribution in [0.25, 0.3) is 82.1 Å². The molecule has 0 radical (unpaired) electrons. The highest BCUT2D eigenvalue weighted by Gasteiger charge is 2.24. The quantitative estimate of drug-likeness (QED) is 0.192. The van der Waals surface area contributed by atoms with Crippen LogP contribution in [0.3, 0.4) is 0 Å². The zero-order valence-corrected chi connectivity index (χ0v) is 26.9. The minimum Gasteiger partial charge on any atom is -0.456 e. The number of furan rings is 2. The van der Waals surface area contributed by atoms with Crippen molar-refractivity contribution in [2.45, 2.75) is 0 Å². The van der Waals surface area contributed by atoms with Gasteiger partial charge in [0.2, 0.25) is 0 Å². The van der Waals surface area contributed by atoms with E-state index in [0.717, 1.165) is 77.5 Å². The zero-order valence-electron chi connectivity index (χ0n) is 26.9. The molecule has 0 atom stereocenters. The van der Waals surface area contributed by atoms with E-state index < -0.39 is 0 Å². The first-order chi connectivity index (χ1) is 24.8. The molecule has 0 unspecified atom stereocenters. The van der Waals surface area contributed by atoms with E-state index in [0.29, 0.717) is 0 Å². The van der Waals surface area contributed by atoms with Crippen molar-refractivity contribution >= 4 is 93.5 Å². The molecule has 0 aliphatic heterocycles. The van der Waals surface area contributed by atoms with Crippen LogP contribution in [0.1, 0.15) is 0 Å². The summed E-state index contributed by atoms with van der Waals surface area (Å²) in [7, 11) is 0. The minimum absolute atomic E-state index is 0.842. The van der Waals surface area contributed by atoms with Crippen LogP contribution in [0.2, 0.25) is 0 Å². The van der Waals surface area contributed by atoms with Crippen molar-refractivity contribution in [1.29, 1.82) is 0 Å². The number of benzene rings is 8. The van der Waals surface area contributed by atoms with E-state index in [9.17, 15) is 0 Å². The van der Waals surface area contributed by atoms with Gasteiger partial charge < -0.3 is 18.3 Å². The van der Waals surface area contributed by atoms with E-state index >= 15 is 0 Å². The van der Waals surface area contributed by atoms with Gasteiger partial charge >= 0.3 is 0 Å². The maximum absolute atomic E-state index is 6.85. The van der Waals surface area contributed by atoms with E-state index in [1.165, 1.54) is 21.7 Å². The molecule has 0 saturated heterocycles. The van der Waals surface area contributed by atoms with Gasteiger partial charge in [0.1, 0.15) is 16.7 Å². The van der Waals surface area contributed by atoms with E-state index in [-0.39, 0.29) is 0 Å². The standard InChI is InChI=1S/C46H28N2O2/c1-2-14-31(15-3-1)47-38-19-8-6-16-33(38)36-28-32(24-25-39(36)47)48(40-20-11-23-43-45(40)35-17-7-9-22-42(35)49-43)41-21-10-18-34-37-26-29-12-4-5-13-30(29)27-44(37)50-46(34)41/h1-28H. The molecule has 11 aromatic rings. The maximum Gasteiger partial charge on any atom is 0.159 e. The molecule has 3 aromatic heterocycles. The average molecular weight is 641 g/mol. The number of fused-ring (bicyclic) bond motifs is 10. The number of para-hydroxylation sites is 4. The van der Waals surface area contributed by atoms with Crippen molar-refractivity contribution in [2.75, 3.05) is 4.90 Å². The normalized spacial score (nSPS) is 12.0. The second kappa shape index (κ2) is 10.4. The Morgan fingerprint density at radius 2 is 1.08 bits per heavy atom. The summed E-state index contributed by atoms with van der Waals surface area (Å²) in [6, 6.07) is 60.0. The Morgan fingerprint density at radius 1 is 0.400 bits per heavy atom. The molecule has 0 spiro atoms. The molecule has 0 aliphatic rings. The number of rotatable bonds is 4. The lowest BCUT2D eigenvalue weighted by Gasteiger charge is -2.26. The van der Waals surface area contributed by atoms with Crippen LogP contribution in [0.5, 0.6) is 0 Å². The number of hydrogen-bond donors (Lipinski definition) is 0. The summed E-state index contributed by atoms with van der Waals surface area (Å²) >= 11 is 0. The Balaban J connectivity index is 1.24. The van der Waals surface area contributed by atoms with E-state index in [4.69, 9.17) is 8.83 Å². The number of aromatic nitrogens is 1. The van der Waals surface area contributed by atoms with Gasteiger partial charge in [-0.05, 0) is 83.6 Å². The van der Waals surface area contributed by atoms with Gasteiger partial charge in [0.05, 0.1) is 27.8 Å². The largest absolute Gasteiger partial charge is 0.456 e. The molecule has 4 nitrogen and oxygen atoms in total. The van der Waals surface area contributed by atoms with Crippen LogP contribution in [0.15, 0.2) is 179 Å². The molecule has 0 bridgehead atoms. The van der Waals surface area contributed by atoms with Crippen LogP contribution in [0, 0.1) is 0 Å². The summed E-state index contributed by atoms with van der Waals surface area (Å²) in [5, 5.41) is 9.06. The minimum atomic E-state index is 0.842. The highest BCUT2D eigenvalue weighted by atomic mass is 16.3. The number of nitrogens with zero attached hydrogens (tertiary/aromatic N) is 2. The summed E-state index contributed by atoms with van der Waals surface area (Å²) in [5.41, 5.74) is 9.91. The first kappa shape index (κ1) is 27.2. The average Bonchev–Trinajstić information content (AvgIpc) is 3.84. The third-order valence-electron chi connectivity index (χ3n) is 10.1. The lowest BCUT2D eigenvalue weighted by atomic mass is 10.0. The molecule has 0 N–H and O–H groups in total. The highest BCUT2D eigenvalue weighted by molar-refractivity contribution is 6.18. The summed E-state index contributed by atoms with van der Waals surface area (Å²) in [6.45, 7) is 0. The fourth-order valence-electron chi connectivity index (χ4n) is 7.95. The SMILES string of the molecule is c1ccc(-n2c3ccccc3c3cc(N(c4cccc5c4oc4cc6ccccc6cc45)c4cccc5oc6ccccc6c45)ccc32)cc1. The Kier molecular flexibility index (Phi) is 5.63. The van der Waals surface area contributed by atoms with Gasteiger partial charge in [-0.2, -0.15) is 0 Å². The molecular weight excluding hydrogens is 613 g/mol. The molecule has 0 amide bonds. The summed E-state index contributed by atoms with van der Waals surface area (Å²) in [4.78, 5) is 2.35. The Hall–Kier alpha value is -6.78. The maximum atomic E-state index is 6.85. The van der Waals surface area contributed by atoms with Gasteiger partial charge in [-0.25, -0.2) is 0 Å². The summed E-state index contributed by atoms with van der Waals surface area (Å²) in [6.07, 6.45) is 0. The predicted molar refractivity (Wildman–Crippen MR) is 208 cm³/mol. The van der Waals surface area contributed by atoms with E-state index in [2.05, 4.69) is 167 Å². The lowest BCUT2D eigenvalue weighted by Crippen LogP contribution is -2.10. The molecule has 50 heavy (non-hydrogen) atoms. The molecule has 11 rings (SSSR count). The second-order valence-electron chi connectivity index (χ2n) is 12.9. The molecule has 4 heteroatoms. The molecule has 3 heterocycles. The summed E-state index contributed by atoms with van der Waals surface area (Å²) < 4.78 is 15.6. The first-order valence-corrected chi connectivity index (χ1v) is 16.9. The van der Waals surface area contributed by atoms with Crippen molar-refractivity contribution in [2.24, 2.45) is 0 Å². The van der Waals surface area contributed by atoms with Crippen LogP contribution >= 0.6 is 0 Å². The fourth-order valence-corrected chi connectivity index (χ4v) is 7.95. The summed E-state index contributed by atoms with van der Waals surface area (Å²) in [5.74, 6) is 0. The smallest absolute Gasteiger partial charge is 0.159 e. The number of anilines is 3. The number of hydrogen-bond acceptors (Lipinski definition) is 3. The molecule has 0 fully saturated rings. The van der Waals surface area contributed by atoms with Crippen molar-refractivity contribution in [3.05, 3.63) is 170 Å². The lowest BCUT2D eigenvalue weighted by molar-refractivity contribution is 0.668. The Morgan fingerprint density at radius 3 is 1.98 bits per heavy atom. The van der Waals surface area contributed by atoms with Crippen LogP contribution in [-0.4, -0.2) is 4.57 Å².